The van der Waals surface area contributed by atoms with Crippen LogP contribution in [-0.4, -0.2) is 42.2 Å². The van der Waals surface area contributed by atoms with E-state index in [9.17, 15) is 18.0 Å². The predicted octanol–water partition coefficient (Wildman–Crippen LogP) is 4.23. The molecule has 118 valence electrons. The highest BCUT2D eigenvalue weighted by Crippen LogP contribution is 2.31. The molecule has 0 N–H and O–H groups in total. The molecule has 0 amide bonds. The van der Waals surface area contributed by atoms with Crippen molar-refractivity contribution >= 4 is 28.4 Å². The van der Waals surface area contributed by atoms with Gasteiger partial charge in [0, 0.05) is 35.5 Å². The summed E-state index contributed by atoms with van der Waals surface area (Å²) in [6.07, 6.45) is -5.00. The van der Waals surface area contributed by atoms with E-state index in [0.717, 1.165) is 12.8 Å². The van der Waals surface area contributed by atoms with Gasteiger partial charge in [-0.05, 0) is 30.8 Å². The second-order valence-electron chi connectivity index (χ2n) is 5.00. The standard InChI is InChI=1S/C13H15ClF3NO2S/c14-12(19)20-11(13(15,16)17)8-18-5-1-3-9(7-18)10-4-2-6-21-10/h2,4,6,9,11H,1,3,5,7-8H2. The first kappa shape index (κ1) is 16.6. The average Bonchev–Trinajstić information content (AvgIpc) is 2.90. The second-order valence-corrected chi connectivity index (χ2v) is 6.29. The minimum absolute atomic E-state index is 0.235. The number of carbonyl (C=O) groups is 1. The van der Waals surface area contributed by atoms with Gasteiger partial charge in [0.25, 0.3) is 0 Å². The zero-order chi connectivity index (χ0) is 15.5. The number of likely N-dealkylation sites (tertiary alicyclic amines) is 1. The van der Waals surface area contributed by atoms with Crippen molar-refractivity contribution in [2.45, 2.75) is 31.0 Å². The van der Waals surface area contributed by atoms with Gasteiger partial charge in [0.15, 0.2) is 0 Å². The number of hydrogen-bond acceptors (Lipinski definition) is 4. The van der Waals surface area contributed by atoms with Gasteiger partial charge in [-0.15, -0.1) is 11.3 Å². The maximum atomic E-state index is 12.8. The summed E-state index contributed by atoms with van der Waals surface area (Å²) in [5, 5.41) is 1.96. The van der Waals surface area contributed by atoms with Gasteiger partial charge in [0.1, 0.15) is 0 Å². The van der Waals surface area contributed by atoms with Crippen LogP contribution in [0.4, 0.5) is 18.0 Å². The number of piperidine rings is 1. The number of carbonyl (C=O) groups excluding carboxylic acids is 1. The highest BCUT2D eigenvalue weighted by Gasteiger charge is 2.44. The first-order valence-electron chi connectivity index (χ1n) is 6.55. The van der Waals surface area contributed by atoms with Crippen LogP contribution in [0.15, 0.2) is 17.5 Å². The maximum absolute atomic E-state index is 12.8. The van der Waals surface area contributed by atoms with Crippen molar-refractivity contribution in [1.82, 2.24) is 4.90 Å². The van der Waals surface area contributed by atoms with Gasteiger partial charge in [0.05, 0.1) is 0 Å². The summed E-state index contributed by atoms with van der Waals surface area (Å²) < 4.78 is 42.7. The summed E-state index contributed by atoms with van der Waals surface area (Å²) in [7, 11) is 0. The van der Waals surface area contributed by atoms with Gasteiger partial charge >= 0.3 is 11.6 Å². The molecule has 3 nitrogen and oxygen atoms in total. The molecule has 1 fully saturated rings. The molecule has 1 aromatic rings. The van der Waals surface area contributed by atoms with E-state index >= 15 is 0 Å². The van der Waals surface area contributed by atoms with E-state index < -0.39 is 17.7 Å². The molecule has 1 aromatic heterocycles. The van der Waals surface area contributed by atoms with Gasteiger partial charge in [-0.25, -0.2) is 4.79 Å². The van der Waals surface area contributed by atoms with Crippen LogP contribution in [0, 0.1) is 0 Å². The predicted molar refractivity (Wildman–Crippen MR) is 74.9 cm³/mol. The molecule has 2 rings (SSSR count). The van der Waals surface area contributed by atoms with Gasteiger partial charge < -0.3 is 4.74 Å². The summed E-state index contributed by atoms with van der Waals surface area (Å²) in [6, 6.07) is 3.94. The van der Waals surface area contributed by atoms with Crippen LogP contribution in [0.3, 0.4) is 0 Å². The number of nitrogens with zero attached hydrogens (tertiary/aromatic N) is 1. The molecule has 2 atom stereocenters. The van der Waals surface area contributed by atoms with Crippen molar-refractivity contribution in [1.29, 1.82) is 0 Å². The number of thiophene rings is 1. The first-order valence-corrected chi connectivity index (χ1v) is 7.80. The van der Waals surface area contributed by atoms with Crippen molar-refractivity contribution < 1.29 is 22.7 Å². The summed E-state index contributed by atoms with van der Waals surface area (Å²) >= 11 is 6.54. The Morgan fingerprint density at radius 3 is 2.90 bits per heavy atom. The third-order valence-corrected chi connectivity index (χ3v) is 4.60. The number of halogens is 4. The van der Waals surface area contributed by atoms with Crippen LogP contribution in [-0.2, 0) is 4.74 Å². The van der Waals surface area contributed by atoms with Crippen LogP contribution in [0.2, 0.25) is 0 Å². The Morgan fingerprint density at radius 1 is 1.57 bits per heavy atom. The lowest BCUT2D eigenvalue weighted by Crippen LogP contribution is -2.46. The molecular weight excluding hydrogens is 327 g/mol. The third kappa shape index (κ3) is 4.86. The Bertz CT molecular complexity index is 466. The number of ether oxygens (including phenoxy) is 1. The molecule has 0 bridgehead atoms. The summed E-state index contributed by atoms with van der Waals surface area (Å²) in [5.41, 5.74) is -1.43. The highest BCUT2D eigenvalue weighted by molar-refractivity contribution is 7.10. The summed E-state index contributed by atoms with van der Waals surface area (Å²) in [4.78, 5) is 13.5. The fraction of sp³-hybridized carbons (Fsp3) is 0.615. The zero-order valence-electron chi connectivity index (χ0n) is 11.1. The van der Waals surface area contributed by atoms with E-state index in [4.69, 9.17) is 11.6 Å². The maximum Gasteiger partial charge on any atom is 0.426 e. The van der Waals surface area contributed by atoms with Crippen molar-refractivity contribution in [3.05, 3.63) is 22.4 Å². The van der Waals surface area contributed by atoms with Crippen LogP contribution >= 0.6 is 22.9 Å². The molecule has 21 heavy (non-hydrogen) atoms. The third-order valence-electron chi connectivity index (χ3n) is 3.48. The molecule has 0 radical (unpaired) electrons. The van der Waals surface area contributed by atoms with E-state index in [1.54, 1.807) is 16.2 Å². The van der Waals surface area contributed by atoms with Gasteiger partial charge in [-0.1, -0.05) is 6.07 Å². The van der Waals surface area contributed by atoms with E-state index in [0.29, 0.717) is 13.1 Å². The minimum atomic E-state index is -4.61. The van der Waals surface area contributed by atoms with Gasteiger partial charge in [-0.2, -0.15) is 13.2 Å². The molecule has 1 aliphatic heterocycles. The smallest absolute Gasteiger partial charge is 0.426 e. The molecule has 1 aliphatic rings. The molecular formula is C13H15ClF3NO2S. The van der Waals surface area contributed by atoms with Crippen molar-refractivity contribution in [3.63, 3.8) is 0 Å². The molecule has 0 aliphatic carbocycles. The SMILES string of the molecule is O=C(Cl)OC(CN1CCCC(c2cccs2)C1)C(F)(F)F. The molecule has 0 spiro atoms. The lowest BCUT2D eigenvalue weighted by atomic mass is 9.96. The molecule has 0 aromatic carbocycles. The largest absolute Gasteiger partial charge is 0.439 e. The molecule has 8 heteroatoms. The Kier molecular flexibility index (Phi) is 5.51. The first-order chi connectivity index (χ1) is 9.86. The van der Waals surface area contributed by atoms with Crippen LogP contribution < -0.4 is 0 Å². The van der Waals surface area contributed by atoms with Crippen molar-refractivity contribution in [2.75, 3.05) is 19.6 Å². The van der Waals surface area contributed by atoms with Crippen molar-refractivity contribution in [3.8, 4) is 0 Å². The topological polar surface area (TPSA) is 29.5 Å². The second kappa shape index (κ2) is 6.98. The minimum Gasteiger partial charge on any atom is -0.439 e. The van der Waals surface area contributed by atoms with E-state index in [-0.39, 0.29) is 12.5 Å². The Balaban J connectivity index is 1.98. The Morgan fingerprint density at radius 2 is 2.33 bits per heavy atom. The molecule has 1 saturated heterocycles. The fourth-order valence-corrected chi connectivity index (χ4v) is 3.49. The lowest BCUT2D eigenvalue weighted by Gasteiger charge is -2.34. The number of rotatable bonds is 4. The summed E-state index contributed by atoms with van der Waals surface area (Å²) in [6.45, 7) is 0.727. The summed E-state index contributed by atoms with van der Waals surface area (Å²) in [5.74, 6) is 0.235. The monoisotopic (exact) mass is 341 g/mol. The van der Waals surface area contributed by atoms with Crippen LogP contribution in [0.1, 0.15) is 23.6 Å². The number of hydrogen-bond donors (Lipinski definition) is 0. The Hall–Kier alpha value is -0.790. The van der Waals surface area contributed by atoms with Gasteiger partial charge in [0.2, 0.25) is 6.10 Å². The van der Waals surface area contributed by atoms with Gasteiger partial charge in [-0.3, -0.25) is 4.90 Å². The normalized spacial score (nSPS) is 22.0. The molecule has 2 unspecified atom stereocenters. The van der Waals surface area contributed by atoms with Crippen molar-refractivity contribution in [2.24, 2.45) is 0 Å². The molecule has 2 heterocycles. The molecule has 0 saturated carbocycles. The Labute approximate surface area is 129 Å². The van der Waals surface area contributed by atoms with E-state index in [1.807, 2.05) is 17.5 Å². The van der Waals surface area contributed by atoms with E-state index in [2.05, 4.69) is 4.74 Å². The van der Waals surface area contributed by atoms with Crippen LogP contribution in [0.25, 0.3) is 0 Å². The number of alkyl halides is 3. The average molecular weight is 342 g/mol. The quantitative estimate of drug-likeness (QED) is 0.767. The van der Waals surface area contributed by atoms with Crippen LogP contribution in [0.5, 0.6) is 0 Å². The lowest BCUT2D eigenvalue weighted by molar-refractivity contribution is -0.206. The zero-order valence-corrected chi connectivity index (χ0v) is 12.7. The fourth-order valence-electron chi connectivity index (χ4n) is 2.53. The highest BCUT2D eigenvalue weighted by atomic mass is 35.5. The van der Waals surface area contributed by atoms with E-state index in [1.165, 1.54) is 4.88 Å².